The van der Waals surface area contributed by atoms with Gasteiger partial charge in [-0.05, 0) is 24.7 Å². The maximum Gasteiger partial charge on any atom is 0.0946 e. The first-order valence-electron chi connectivity index (χ1n) is 6.28. The summed E-state index contributed by atoms with van der Waals surface area (Å²) in [5.41, 5.74) is 3.29. The molecule has 0 aliphatic rings. The summed E-state index contributed by atoms with van der Waals surface area (Å²) in [6.45, 7) is 0. The molecule has 0 aliphatic heterocycles. The number of para-hydroxylation sites is 1. The maximum absolute atomic E-state index is 4.52. The summed E-state index contributed by atoms with van der Waals surface area (Å²) in [6, 6.07) is 10.4. The van der Waals surface area contributed by atoms with Gasteiger partial charge in [0.15, 0.2) is 0 Å². The SMILES string of the molecule is CNC(c1cnc2ccccc2c1)c1cncn1C. The number of rotatable bonds is 3. The Kier molecular flexibility index (Phi) is 3.01. The van der Waals surface area contributed by atoms with Gasteiger partial charge in [0.1, 0.15) is 0 Å². The smallest absolute Gasteiger partial charge is 0.0946 e. The lowest BCUT2D eigenvalue weighted by Gasteiger charge is -2.17. The van der Waals surface area contributed by atoms with Gasteiger partial charge in [-0.3, -0.25) is 4.98 Å². The van der Waals surface area contributed by atoms with E-state index in [2.05, 4.69) is 27.4 Å². The largest absolute Gasteiger partial charge is 0.336 e. The third-order valence-corrected chi connectivity index (χ3v) is 3.38. The molecule has 0 fully saturated rings. The Morgan fingerprint density at radius 1 is 1.21 bits per heavy atom. The summed E-state index contributed by atoms with van der Waals surface area (Å²) in [7, 11) is 3.95. The molecule has 0 aliphatic carbocycles. The van der Waals surface area contributed by atoms with Crippen molar-refractivity contribution in [2.75, 3.05) is 7.05 Å². The summed E-state index contributed by atoms with van der Waals surface area (Å²) in [6.07, 6.45) is 5.63. The van der Waals surface area contributed by atoms with Crippen LogP contribution in [-0.4, -0.2) is 21.6 Å². The van der Waals surface area contributed by atoms with Crippen molar-refractivity contribution in [3.63, 3.8) is 0 Å². The molecule has 2 heterocycles. The highest BCUT2D eigenvalue weighted by atomic mass is 15.1. The van der Waals surface area contributed by atoms with Gasteiger partial charge in [0, 0.05) is 18.6 Å². The fraction of sp³-hybridized carbons (Fsp3) is 0.200. The molecule has 1 unspecified atom stereocenters. The predicted octanol–water partition coefficient (Wildman–Crippen LogP) is 2.28. The molecule has 4 heteroatoms. The minimum atomic E-state index is 0.101. The molecule has 1 N–H and O–H groups in total. The van der Waals surface area contributed by atoms with Gasteiger partial charge in [0.05, 0.1) is 29.8 Å². The van der Waals surface area contributed by atoms with Crippen LogP contribution in [0.3, 0.4) is 0 Å². The van der Waals surface area contributed by atoms with Crippen molar-refractivity contribution in [1.29, 1.82) is 0 Å². The molecule has 19 heavy (non-hydrogen) atoms. The van der Waals surface area contributed by atoms with E-state index >= 15 is 0 Å². The van der Waals surface area contributed by atoms with Crippen LogP contribution >= 0.6 is 0 Å². The standard InChI is InChI=1S/C15H16N4/c1-16-15(14-9-17-10-19(14)2)12-7-11-5-3-4-6-13(11)18-8-12/h3-10,15-16H,1-2H3. The number of aromatic nitrogens is 3. The third-order valence-electron chi connectivity index (χ3n) is 3.38. The van der Waals surface area contributed by atoms with E-state index in [9.17, 15) is 0 Å². The van der Waals surface area contributed by atoms with E-state index in [0.717, 1.165) is 22.2 Å². The van der Waals surface area contributed by atoms with Crippen molar-refractivity contribution in [3.05, 3.63) is 60.3 Å². The van der Waals surface area contributed by atoms with Crippen LogP contribution in [0, 0.1) is 0 Å². The minimum absolute atomic E-state index is 0.101. The van der Waals surface area contributed by atoms with Crippen LogP contribution < -0.4 is 5.32 Å². The average Bonchev–Trinajstić information content (AvgIpc) is 2.86. The second-order valence-electron chi connectivity index (χ2n) is 4.61. The average molecular weight is 252 g/mol. The van der Waals surface area contributed by atoms with Gasteiger partial charge in [-0.1, -0.05) is 18.2 Å². The lowest BCUT2D eigenvalue weighted by atomic mass is 10.0. The number of aryl methyl sites for hydroxylation is 1. The normalized spacial score (nSPS) is 12.7. The van der Waals surface area contributed by atoms with Gasteiger partial charge in [-0.15, -0.1) is 0 Å². The molecule has 0 saturated heterocycles. The minimum Gasteiger partial charge on any atom is -0.336 e. The quantitative estimate of drug-likeness (QED) is 0.777. The number of fused-ring (bicyclic) bond motifs is 1. The van der Waals surface area contributed by atoms with Crippen LogP contribution in [0.25, 0.3) is 10.9 Å². The Labute approximate surface area is 112 Å². The van der Waals surface area contributed by atoms with Crippen LogP contribution in [0.15, 0.2) is 49.1 Å². The number of hydrogen-bond donors (Lipinski definition) is 1. The number of imidazole rings is 1. The fourth-order valence-electron chi connectivity index (χ4n) is 2.38. The van der Waals surface area contributed by atoms with Crippen LogP contribution in [0.2, 0.25) is 0 Å². The molecule has 1 atom stereocenters. The summed E-state index contributed by atoms with van der Waals surface area (Å²) in [5, 5.41) is 4.48. The molecule has 0 bridgehead atoms. The van der Waals surface area contributed by atoms with Crippen molar-refractivity contribution in [2.45, 2.75) is 6.04 Å². The van der Waals surface area contributed by atoms with E-state index in [1.165, 1.54) is 0 Å². The molecule has 0 saturated carbocycles. The molecule has 0 spiro atoms. The van der Waals surface area contributed by atoms with Crippen molar-refractivity contribution >= 4 is 10.9 Å². The van der Waals surface area contributed by atoms with Crippen molar-refractivity contribution in [3.8, 4) is 0 Å². The maximum atomic E-state index is 4.52. The van der Waals surface area contributed by atoms with Gasteiger partial charge < -0.3 is 9.88 Å². The number of benzene rings is 1. The van der Waals surface area contributed by atoms with Crippen molar-refractivity contribution in [1.82, 2.24) is 19.9 Å². The Morgan fingerprint density at radius 2 is 2.05 bits per heavy atom. The molecular weight excluding hydrogens is 236 g/mol. The number of hydrogen-bond acceptors (Lipinski definition) is 3. The zero-order valence-corrected chi connectivity index (χ0v) is 11.0. The molecule has 0 radical (unpaired) electrons. The van der Waals surface area contributed by atoms with Gasteiger partial charge in [-0.2, -0.15) is 0 Å². The number of nitrogens with zero attached hydrogens (tertiary/aromatic N) is 3. The van der Waals surface area contributed by atoms with Gasteiger partial charge in [-0.25, -0.2) is 4.98 Å². The molecule has 2 aromatic heterocycles. The lowest BCUT2D eigenvalue weighted by molar-refractivity contribution is 0.637. The summed E-state index contributed by atoms with van der Waals surface area (Å²) < 4.78 is 2.02. The second-order valence-corrected chi connectivity index (χ2v) is 4.61. The first-order chi connectivity index (χ1) is 9.29. The van der Waals surface area contributed by atoms with Crippen LogP contribution in [0.5, 0.6) is 0 Å². The highest BCUT2D eigenvalue weighted by molar-refractivity contribution is 5.78. The summed E-state index contributed by atoms with van der Waals surface area (Å²) in [5.74, 6) is 0. The van der Waals surface area contributed by atoms with E-state index in [1.54, 1.807) is 0 Å². The van der Waals surface area contributed by atoms with E-state index in [4.69, 9.17) is 0 Å². The van der Waals surface area contributed by atoms with E-state index in [0.29, 0.717) is 0 Å². The molecule has 4 nitrogen and oxygen atoms in total. The Bertz CT molecular complexity index is 702. The molecule has 3 aromatic rings. The van der Waals surface area contributed by atoms with E-state index in [1.807, 2.05) is 55.6 Å². The fourth-order valence-corrected chi connectivity index (χ4v) is 2.38. The zero-order chi connectivity index (χ0) is 13.2. The van der Waals surface area contributed by atoms with E-state index in [-0.39, 0.29) is 6.04 Å². The van der Waals surface area contributed by atoms with E-state index < -0.39 is 0 Å². The van der Waals surface area contributed by atoms with Crippen molar-refractivity contribution in [2.24, 2.45) is 7.05 Å². The second kappa shape index (κ2) is 4.82. The molecule has 96 valence electrons. The van der Waals surface area contributed by atoms with Crippen LogP contribution in [0.4, 0.5) is 0 Å². The van der Waals surface area contributed by atoms with Crippen LogP contribution in [-0.2, 0) is 7.05 Å². The topological polar surface area (TPSA) is 42.7 Å². The Balaban J connectivity index is 2.09. The first kappa shape index (κ1) is 11.9. The molecular formula is C15H16N4. The molecule has 3 rings (SSSR count). The van der Waals surface area contributed by atoms with Gasteiger partial charge >= 0.3 is 0 Å². The monoisotopic (exact) mass is 252 g/mol. The van der Waals surface area contributed by atoms with Crippen LogP contribution in [0.1, 0.15) is 17.3 Å². The predicted molar refractivity (Wildman–Crippen MR) is 75.9 cm³/mol. The lowest BCUT2D eigenvalue weighted by Crippen LogP contribution is -2.20. The highest BCUT2D eigenvalue weighted by Crippen LogP contribution is 2.23. The van der Waals surface area contributed by atoms with Gasteiger partial charge in [0.2, 0.25) is 0 Å². The summed E-state index contributed by atoms with van der Waals surface area (Å²) in [4.78, 5) is 8.70. The summed E-state index contributed by atoms with van der Waals surface area (Å²) >= 11 is 0. The van der Waals surface area contributed by atoms with Gasteiger partial charge in [0.25, 0.3) is 0 Å². The Hall–Kier alpha value is -2.20. The Morgan fingerprint density at radius 3 is 2.79 bits per heavy atom. The van der Waals surface area contributed by atoms with Crippen molar-refractivity contribution < 1.29 is 0 Å². The first-order valence-corrected chi connectivity index (χ1v) is 6.28. The third kappa shape index (κ3) is 2.11. The highest BCUT2D eigenvalue weighted by Gasteiger charge is 2.15. The number of nitrogens with one attached hydrogen (secondary N) is 1. The zero-order valence-electron chi connectivity index (χ0n) is 11.0. The molecule has 1 aromatic carbocycles. The number of pyridine rings is 1. The molecule has 0 amide bonds.